The van der Waals surface area contributed by atoms with Gasteiger partial charge >= 0.3 is 12.0 Å². The molecule has 2 aromatic heterocycles. The number of aromatic nitrogens is 4. The Morgan fingerprint density at radius 1 is 1.14 bits per heavy atom. The zero-order valence-electron chi connectivity index (χ0n) is 19.9. The molecule has 0 aliphatic rings. The van der Waals surface area contributed by atoms with Crippen LogP contribution in [0.3, 0.4) is 0 Å². The van der Waals surface area contributed by atoms with E-state index < -0.39 is 17.2 Å². The number of halogens is 3. The van der Waals surface area contributed by atoms with Gasteiger partial charge in [0.15, 0.2) is 17.2 Å². The molecule has 0 fully saturated rings. The Kier molecular flexibility index (Phi) is 7.35. The van der Waals surface area contributed by atoms with Crippen LogP contribution in [0.1, 0.15) is 33.6 Å². The molecule has 0 unspecified atom stereocenters. The van der Waals surface area contributed by atoms with Gasteiger partial charge in [0.25, 0.3) is 0 Å². The Hall–Kier alpha value is -3.79. The SMILES string of the molecule is CC(C)(C)OC(=O)CCCNc1nc(Oc2ccc(F)cc2F)nc2n[nH]c(-c3ccccc3Cl)c12. The van der Waals surface area contributed by atoms with Gasteiger partial charge in [-0.15, -0.1) is 0 Å². The predicted molar refractivity (Wildman–Crippen MR) is 132 cm³/mol. The number of nitrogens with one attached hydrogen (secondary N) is 2. The normalized spacial score (nSPS) is 11.5. The quantitative estimate of drug-likeness (QED) is 0.210. The summed E-state index contributed by atoms with van der Waals surface area (Å²) in [5.74, 6) is -1.85. The molecular formula is C25H24ClF2N5O3. The van der Waals surface area contributed by atoms with E-state index >= 15 is 0 Å². The minimum Gasteiger partial charge on any atom is -0.460 e. The van der Waals surface area contributed by atoms with Gasteiger partial charge in [0.1, 0.15) is 17.2 Å². The van der Waals surface area contributed by atoms with E-state index in [0.29, 0.717) is 46.5 Å². The number of carbonyl (C=O) groups excluding carboxylic acids is 1. The van der Waals surface area contributed by atoms with E-state index in [0.717, 1.165) is 12.1 Å². The largest absolute Gasteiger partial charge is 0.460 e. The number of carbonyl (C=O) groups is 1. The highest BCUT2D eigenvalue weighted by atomic mass is 35.5. The van der Waals surface area contributed by atoms with Gasteiger partial charge in [-0.3, -0.25) is 9.89 Å². The number of rotatable bonds is 8. The second-order valence-corrected chi connectivity index (χ2v) is 9.33. The molecule has 2 N–H and O–H groups in total. The van der Waals surface area contributed by atoms with Crippen LogP contribution in [0, 0.1) is 11.6 Å². The van der Waals surface area contributed by atoms with Crippen molar-refractivity contribution in [1.29, 1.82) is 0 Å². The fraction of sp³-hybridized carbons (Fsp3) is 0.280. The Balaban J connectivity index is 1.64. The smallest absolute Gasteiger partial charge is 0.326 e. The van der Waals surface area contributed by atoms with Crippen LogP contribution in [-0.4, -0.2) is 38.3 Å². The lowest BCUT2D eigenvalue weighted by atomic mass is 10.1. The van der Waals surface area contributed by atoms with E-state index in [9.17, 15) is 13.6 Å². The van der Waals surface area contributed by atoms with E-state index in [1.807, 2.05) is 12.1 Å². The van der Waals surface area contributed by atoms with Gasteiger partial charge in [-0.25, -0.2) is 8.78 Å². The third-order valence-electron chi connectivity index (χ3n) is 4.90. The Bertz CT molecular complexity index is 1400. The van der Waals surface area contributed by atoms with Crippen LogP contribution in [0.15, 0.2) is 42.5 Å². The van der Waals surface area contributed by atoms with Crippen molar-refractivity contribution < 1.29 is 23.0 Å². The summed E-state index contributed by atoms with van der Waals surface area (Å²) in [6.07, 6.45) is 0.661. The third kappa shape index (κ3) is 6.06. The summed E-state index contributed by atoms with van der Waals surface area (Å²) in [4.78, 5) is 20.7. The Morgan fingerprint density at radius 2 is 1.92 bits per heavy atom. The number of anilines is 1. The molecule has 2 aromatic carbocycles. The lowest BCUT2D eigenvalue weighted by molar-refractivity contribution is -0.154. The predicted octanol–water partition coefficient (Wildman–Crippen LogP) is 6.28. The highest BCUT2D eigenvalue weighted by molar-refractivity contribution is 6.33. The molecule has 11 heteroatoms. The van der Waals surface area contributed by atoms with Crippen LogP contribution in [0.5, 0.6) is 11.8 Å². The van der Waals surface area contributed by atoms with E-state index in [-0.39, 0.29) is 29.8 Å². The number of nitrogens with zero attached hydrogens (tertiary/aromatic N) is 3. The summed E-state index contributed by atoms with van der Waals surface area (Å²) in [7, 11) is 0. The van der Waals surface area contributed by atoms with Gasteiger partial charge in [0.05, 0.1) is 11.1 Å². The number of ether oxygens (including phenoxy) is 2. The molecule has 2 heterocycles. The number of esters is 1. The maximum absolute atomic E-state index is 14.1. The zero-order valence-corrected chi connectivity index (χ0v) is 20.6. The molecule has 4 rings (SSSR count). The summed E-state index contributed by atoms with van der Waals surface area (Å²) < 4.78 is 38.3. The lowest BCUT2D eigenvalue weighted by Crippen LogP contribution is -2.24. The van der Waals surface area contributed by atoms with Crippen LogP contribution in [-0.2, 0) is 9.53 Å². The van der Waals surface area contributed by atoms with Crippen molar-refractivity contribution in [2.45, 2.75) is 39.2 Å². The van der Waals surface area contributed by atoms with E-state index in [2.05, 4.69) is 25.5 Å². The van der Waals surface area contributed by atoms with Crippen molar-refractivity contribution in [1.82, 2.24) is 20.2 Å². The first-order chi connectivity index (χ1) is 17.1. The van der Waals surface area contributed by atoms with Crippen molar-refractivity contribution in [3.8, 4) is 23.0 Å². The van der Waals surface area contributed by atoms with Crippen molar-refractivity contribution >= 4 is 34.4 Å². The highest BCUT2D eigenvalue weighted by Gasteiger charge is 2.20. The summed E-state index contributed by atoms with van der Waals surface area (Å²) in [6, 6.07) is 9.92. The summed E-state index contributed by atoms with van der Waals surface area (Å²) >= 11 is 6.39. The highest BCUT2D eigenvalue weighted by Crippen LogP contribution is 2.36. The number of hydrogen-bond donors (Lipinski definition) is 2. The van der Waals surface area contributed by atoms with Crippen molar-refractivity contribution in [3.05, 3.63) is 59.1 Å². The van der Waals surface area contributed by atoms with Gasteiger partial charge in [0.2, 0.25) is 0 Å². The molecule has 0 saturated carbocycles. The number of benzene rings is 2. The molecule has 36 heavy (non-hydrogen) atoms. The minimum atomic E-state index is -0.899. The average Bonchev–Trinajstić information content (AvgIpc) is 3.21. The molecule has 0 saturated heterocycles. The summed E-state index contributed by atoms with van der Waals surface area (Å²) in [6.45, 7) is 5.78. The number of aromatic amines is 1. The molecule has 188 valence electrons. The standard InChI is InChI=1S/C25H24ClF2N5O3/c1-25(2,3)36-19(34)9-6-12-29-22-20-21(15-7-4-5-8-16(15)26)32-33-23(20)31-24(30-22)35-18-11-10-14(27)13-17(18)28/h4-5,7-8,10-11,13H,6,9,12H2,1-3H3,(H2,29,30,31,32,33). The van der Waals surface area contributed by atoms with Crippen LogP contribution in [0.2, 0.25) is 5.02 Å². The molecule has 0 bridgehead atoms. The molecule has 0 amide bonds. The molecule has 8 nitrogen and oxygen atoms in total. The van der Waals surface area contributed by atoms with Gasteiger partial charge in [-0.05, 0) is 45.4 Å². The molecule has 0 aliphatic heterocycles. The van der Waals surface area contributed by atoms with E-state index in [4.69, 9.17) is 21.1 Å². The van der Waals surface area contributed by atoms with Gasteiger partial charge in [0, 0.05) is 29.6 Å². The second kappa shape index (κ2) is 10.4. The molecule has 0 atom stereocenters. The fourth-order valence-electron chi connectivity index (χ4n) is 3.43. The number of H-pyrrole nitrogens is 1. The molecule has 4 aromatic rings. The number of fused-ring (bicyclic) bond motifs is 1. The first-order valence-electron chi connectivity index (χ1n) is 11.2. The van der Waals surface area contributed by atoms with Crippen molar-refractivity contribution in [2.24, 2.45) is 0 Å². The van der Waals surface area contributed by atoms with Crippen LogP contribution < -0.4 is 10.1 Å². The van der Waals surface area contributed by atoms with Crippen LogP contribution in [0.4, 0.5) is 14.6 Å². The van der Waals surface area contributed by atoms with Crippen LogP contribution >= 0.6 is 11.6 Å². The molecular weight excluding hydrogens is 492 g/mol. The van der Waals surface area contributed by atoms with Gasteiger partial charge < -0.3 is 14.8 Å². The van der Waals surface area contributed by atoms with Crippen molar-refractivity contribution in [3.63, 3.8) is 0 Å². The third-order valence-corrected chi connectivity index (χ3v) is 5.23. The molecule has 0 radical (unpaired) electrons. The minimum absolute atomic E-state index is 0.195. The first-order valence-corrected chi connectivity index (χ1v) is 11.6. The maximum Gasteiger partial charge on any atom is 0.326 e. The van der Waals surface area contributed by atoms with Crippen molar-refractivity contribution in [2.75, 3.05) is 11.9 Å². The maximum atomic E-state index is 14.1. The average molecular weight is 516 g/mol. The first kappa shape index (κ1) is 25.3. The van der Waals surface area contributed by atoms with Crippen LogP contribution in [0.25, 0.3) is 22.3 Å². The Morgan fingerprint density at radius 3 is 2.64 bits per heavy atom. The topological polar surface area (TPSA) is 102 Å². The Labute approximate surface area is 211 Å². The van der Waals surface area contributed by atoms with E-state index in [1.165, 1.54) is 0 Å². The fourth-order valence-corrected chi connectivity index (χ4v) is 3.66. The zero-order chi connectivity index (χ0) is 25.9. The number of hydrogen-bond acceptors (Lipinski definition) is 7. The summed E-state index contributed by atoms with van der Waals surface area (Å²) in [5.41, 5.74) is 0.934. The monoisotopic (exact) mass is 515 g/mol. The lowest BCUT2D eigenvalue weighted by Gasteiger charge is -2.19. The molecule has 0 spiro atoms. The molecule has 0 aliphatic carbocycles. The van der Waals surface area contributed by atoms with Gasteiger partial charge in [-0.2, -0.15) is 15.1 Å². The van der Waals surface area contributed by atoms with E-state index in [1.54, 1.807) is 32.9 Å². The van der Waals surface area contributed by atoms with Gasteiger partial charge in [-0.1, -0.05) is 29.8 Å². The second-order valence-electron chi connectivity index (χ2n) is 8.93. The summed E-state index contributed by atoms with van der Waals surface area (Å²) in [5, 5.41) is 11.4.